The number of para-hydroxylation sites is 1. The lowest BCUT2D eigenvalue weighted by atomic mass is 9.90. The summed E-state index contributed by atoms with van der Waals surface area (Å²) in [6.07, 6.45) is 2.84. The summed E-state index contributed by atoms with van der Waals surface area (Å²) in [6.45, 7) is 1.73. The van der Waals surface area contributed by atoms with Gasteiger partial charge in [0, 0.05) is 36.2 Å². The molecule has 0 aliphatic carbocycles. The van der Waals surface area contributed by atoms with Gasteiger partial charge >= 0.3 is 0 Å². The van der Waals surface area contributed by atoms with Gasteiger partial charge in [-0.1, -0.05) is 30.3 Å². The molecule has 27 heavy (non-hydrogen) atoms. The van der Waals surface area contributed by atoms with Gasteiger partial charge in [-0.3, -0.25) is 4.79 Å². The third-order valence-corrected chi connectivity index (χ3v) is 5.30. The van der Waals surface area contributed by atoms with Crippen molar-refractivity contribution in [2.45, 2.75) is 12.3 Å². The molecule has 0 unspecified atom stereocenters. The van der Waals surface area contributed by atoms with E-state index in [1.807, 2.05) is 30.5 Å². The van der Waals surface area contributed by atoms with Crippen LogP contribution < -0.4 is 10.1 Å². The Morgan fingerprint density at radius 3 is 2.81 bits per heavy atom. The molecule has 2 heterocycles. The Labute approximate surface area is 158 Å². The second kappa shape index (κ2) is 7.84. The fraction of sp³-hybridized carbons (Fsp3) is 0.318. The van der Waals surface area contributed by atoms with E-state index in [0.29, 0.717) is 19.8 Å². The van der Waals surface area contributed by atoms with Gasteiger partial charge in [0.05, 0.1) is 19.6 Å². The summed E-state index contributed by atoms with van der Waals surface area (Å²) in [7, 11) is 1.66. The summed E-state index contributed by atoms with van der Waals surface area (Å²) in [4.78, 5) is 15.8. The molecule has 0 radical (unpaired) electrons. The number of hydrogen-bond acceptors (Lipinski definition) is 3. The molecule has 2 aromatic carbocycles. The van der Waals surface area contributed by atoms with Gasteiger partial charge in [0.15, 0.2) is 0 Å². The van der Waals surface area contributed by atoms with E-state index < -0.39 is 0 Å². The Bertz CT molecular complexity index is 911. The summed E-state index contributed by atoms with van der Waals surface area (Å²) in [6, 6.07) is 16.3. The lowest BCUT2D eigenvalue weighted by molar-refractivity contribution is -0.124. The molecule has 1 fully saturated rings. The molecule has 5 nitrogen and oxygen atoms in total. The van der Waals surface area contributed by atoms with E-state index in [2.05, 4.69) is 34.6 Å². The maximum atomic E-state index is 12.5. The topological polar surface area (TPSA) is 63.4 Å². The lowest BCUT2D eigenvalue weighted by Gasteiger charge is -2.19. The molecular weight excluding hydrogens is 340 g/mol. The number of benzene rings is 2. The van der Waals surface area contributed by atoms with E-state index in [-0.39, 0.29) is 17.7 Å². The highest BCUT2D eigenvalue weighted by Crippen LogP contribution is 2.31. The van der Waals surface area contributed by atoms with Crippen LogP contribution in [0, 0.1) is 5.92 Å². The monoisotopic (exact) mass is 364 g/mol. The molecule has 2 atom stereocenters. The van der Waals surface area contributed by atoms with E-state index >= 15 is 0 Å². The smallest absolute Gasteiger partial charge is 0.225 e. The molecule has 140 valence electrons. The van der Waals surface area contributed by atoms with Crippen molar-refractivity contribution in [3.05, 3.63) is 65.9 Å². The number of aromatic amines is 1. The van der Waals surface area contributed by atoms with E-state index in [4.69, 9.17) is 9.47 Å². The number of carbonyl (C=O) groups is 1. The Balaban J connectivity index is 1.63. The molecule has 3 aromatic rings. The Kier molecular flexibility index (Phi) is 5.12. The first-order valence-corrected chi connectivity index (χ1v) is 9.31. The second-order valence-corrected chi connectivity index (χ2v) is 6.92. The van der Waals surface area contributed by atoms with Crippen molar-refractivity contribution in [2.24, 2.45) is 5.92 Å². The van der Waals surface area contributed by atoms with Gasteiger partial charge in [-0.25, -0.2) is 0 Å². The zero-order valence-corrected chi connectivity index (χ0v) is 15.4. The van der Waals surface area contributed by atoms with Crippen LogP contribution in [0.3, 0.4) is 0 Å². The van der Waals surface area contributed by atoms with Gasteiger partial charge in [0.25, 0.3) is 0 Å². The van der Waals surface area contributed by atoms with Gasteiger partial charge in [0.2, 0.25) is 5.91 Å². The molecular formula is C22H24N2O3. The molecule has 4 rings (SSSR count). The van der Waals surface area contributed by atoms with Crippen molar-refractivity contribution in [1.29, 1.82) is 0 Å². The van der Waals surface area contributed by atoms with Crippen LogP contribution in [0.2, 0.25) is 0 Å². The van der Waals surface area contributed by atoms with E-state index in [1.165, 1.54) is 10.9 Å². The Hall–Kier alpha value is -2.79. The average Bonchev–Trinajstić information content (AvgIpc) is 3.39. The van der Waals surface area contributed by atoms with Crippen LogP contribution in [0.5, 0.6) is 5.75 Å². The zero-order valence-electron chi connectivity index (χ0n) is 15.4. The van der Waals surface area contributed by atoms with Crippen LogP contribution in [0.4, 0.5) is 0 Å². The number of aromatic nitrogens is 1. The summed E-state index contributed by atoms with van der Waals surface area (Å²) in [5, 5.41) is 4.32. The van der Waals surface area contributed by atoms with Crippen molar-refractivity contribution >= 4 is 16.8 Å². The Morgan fingerprint density at radius 1 is 1.26 bits per heavy atom. The fourth-order valence-electron chi connectivity index (χ4n) is 3.71. The minimum atomic E-state index is -0.0375. The standard InChI is InChI=1S/C22H24N2O3/c1-26-17-8-6-15(7-9-17)19(12-24-22(25)16-10-11-27-14-16)20-13-23-21-5-3-2-4-18(20)21/h2-9,13,16,19,23H,10-12,14H2,1H3,(H,24,25)/t16-,19+/m1/s1. The molecule has 0 spiro atoms. The van der Waals surface area contributed by atoms with Gasteiger partial charge in [0.1, 0.15) is 5.75 Å². The quantitative estimate of drug-likeness (QED) is 0.704. The number of rotatable bonds is 6. The molecule has 0 bridgehead atoms. The minimum absolute atomic E-state index is 0.0375. The number of H-pyrrole nitrogens is 1. The largest absolute Gasteiger partial charge is 0.497 e. The molecule has 0 saturated carbocycles. The predicted octanol–water partition coefficient (Wildman–Crippen LogP) is 3.46. The molecule has 1 aliphatic heterocycles. The van der Waals surface area contributed by atoms with Crippen molar-refractivity contribution in [2.75, 3.05) is 26.9 Å². The maximum absolute atomic E-state index is 12.5. The van der Waals surface area contributed by atoms with Crippen LogP contribution >= 0.6 is 0 Å². The number of carbonyl (C=O) groups excluding carboxylic acids is 1. The highest BCUT2D eigenvalue weighted by molar-refractivity contribution is 5.84. The number of fused-ring (bicyclic) bond motifs is 1. The van der Waals surface area contributed by atoms with E-state index in [0.717, 1.165) is 23.3 Å². The fourth-order valence-corrected chi connectivity index (χ4v) is 3.71. The first-order valence-electron chi connectivity index (χ1n) is 9.31. The van der Waals surface area contributed by atoms with E-state index in [1.54, 1.807) is 7.11 Å². The number of ether oxygens (including phenoxy) is 2. The predicted molar refractivity (Wildman–Crippen MR) is 105 cm³/mol. The molecule has 1 amide bonds. The van der Waals surface area contributed by atoms with Crippen LogP contribution in [-0.2, 0) is 9.53 Å². The van der Waals surface area contributed by atoms with Crippen molar-refractivity contribution < 1.29 is 14.3 Å². The van der Waals surface area contributed by atoms with Crippen LogP contribution in [-0.4, -0.2) is 37.8 Å². The number of hydrogen-bond donors (Lipinski definition) is 2. The zero-order chi connectivity index (χ0) is 18.6. The van der Waals surface area contributed by atoms with Gasteiger partial charge in [-0.05, 0) is 35.7 Å². The summed E-state index contributed by atoms with van der Waals surface area (Å²) >= 11 is 0. The molecule has 2 N–H and O–H groups in total. The van der Waals surface area contributed by atoms with Crippen LogP contribution in [0.25, 0.3) is 10.9 Å². The molecule has 5 heteroatoms. The number of nitrogens with one attached hydrogen (secondary N) is 2. The first kappa shape index (κ1) is 17.6. The molecule has 1 aliphatic rings. The maximum Gasteiger partial charge on any atom is 0.225 e. The van der Waals surface area contributed by atoms with Crippen LogP contribution in [0.15, 0.2) is 54.7 Å². The lowest BCUT2D eigenvalue weighted by Crippen LogP contribution is -2.34. The SMILES string of the molecule is COc1ccc([C@H](CNC(=O)[C@@H]2CCOC2)c2c[nH]c3ccccc23)cc1. The molecule has 1 saturated heterocycles. The van der Waals surface area contributed by atoms with Gasteiger partial charge in [-0.2, -0.15) is 0 Å². The highest BCUT2D eigenvalue weighted by atomic mass is 16.5. The van der Waals surface area contributed by atoms with Crippen molar-refractivity contribution in [1.82, 2.24) is 10.3 Å². The summed E-state index contributed by atoms with van der Waals surface area (Å²) in [5.74, 6) is 0.914. The second-order valence-electron chi connectivity index (χ2n) is 6.92. The van der Waals surface area contributed by atoms with Crippen LogP contribution in [0.1, 0.15) is 23.5 Å². The van der Waals surface area contributed by atoms with Crippen molar-refractivity contribution in [3.8, 4) is 5.75 Å². The minimum Gasteiger partial charge on any atom is -0.497 e. The number of methoxy groups -OCH3 is 1. The average molecular weight is 364 g/mol. The number of amides is 1. The first-order chi connectivity index (χ1) is 13.3. The van der Waals surface area contributed by atoms with Gasteiger partial charge < -0.3 is 19.8 Å². The van der Waals surface area contributed by atoms with Crippen molar-refractivity contribution in [3.63, 3.8) is 0 Å². The van der Waals surface area contributed by atoms with Gasteiger partial charge in [-0.15, -0.1) is 0 Å². The molecule has 1 aromatic heterocycles. The Morgan fingerprint density at radius 2 is 2.07 bits per heavy atom. The normalized spacial score (nSPS) is 17.7. The third kappa shape index (κ3) is 3.69. The highest BCUT2D eigenvalue weighted by Gasteiger charge is 2.25. The summed E-state index contributed by atoms with van der Waals surface area (Å²) < 4.78 is 10.6. The third-order valence-electron chi connectivity index (χ3n) is 5.30. The summed E-state index contributed by atoms with van der Waals surface area (Å²) in [5.41, 5.74) is 3.42. The van der Waals surface area contributed by atoms with E-state index in [9.17, 15) is 4.79 Å².